The SMILES string of the molecule is CC(C)(C)C1CC(NC2NC(N3CCC[C@H](N)C3)NCC2C(N)=O)CCN1. The summed E-state index contributed by atoms with van der Waals surface area (Å²) in [5.74, 6) is -0.523. The molecular formula is C19H39N7O. The van der Waals surface area contributed by atoms with Crippen LogP contribution >= 0.6 is 0 Å². The van der Waals surface area contributed by atoms with Gasteiger partial charge >= 0.3 is 0 Å². The number of primary amides is 1. The van der Waals surface area contributed by atoms with E-state index < -0.39 is 0 Å². The molecule has 8 heteroatoms. The van der Waals surface area contributed by atoms with Crippen molar-refractivity contribution in [3.8, 4) is 0 Å². The summed E-state index contributed by atoms with van der Waals surface area (Å²) in [5.41, 5.74) is 12.1. The second-order valence-corrected chi connectivity index (χ2v) is 9.62. The second kappa shape index (κ2) is 8.71. The minimum atomic E-state index is -0.261. The molecule has 3 aliphatic heterocycles. The first-order valence-electron chi connectivity index (χ1n) is 10.5. The Labute approximate surface area is 163 Å². The number of nitrogens with two attached hydrogens (primary N) is 2. The van der Waals surface area contributed by atoms with Gasteiger partial charge in [-0.3, -0.25) is 25.6 Å². The lowest BCUT2D eigenvalue weighted by atomic mass is 9.80. The molecule has 5 unspecified atom stereocenters. The molecule has 0 bridgehead atoms. The van der Waals surface area contributed by atoms with Crippen molar-refractivity contribution in [2.45, 2.75) is 77.0 Å². The van der Waals surface area contributed by atoms with Crippen LogP contribution in [0.25, 0.3) is 0 Å². The third-order valence-corrected chi connectivity index (χ3v) is 6.36. The van der Waals surface area contributed by atoms with Gasteiger partial charge in [0, 0.05) is 37.8 Å². The van der Waals surface area contributed by atoms with Crippen LogP contribution in [-0.4, -0.2) is 67.6 Å². The molecule has 0 aromatic heterocycles. The molecular weight excluding hydrogens is 342 g/mol. The highest BCUT2D eigenvalue weighted by Crippen LogP contribution is 2.26. The molecule has 27 heavy (non-hydrogen) atoms. The minimum Gasteiger partial charge on any atom is -0.369 e. The molecule has 0 radical (unpaired) electrons. The smallest absolute Gasteiger partial charge is 0.224 e. The Morgan fingerprint density at radius 1 is 1.22 bits per heavy atom. The Morgan fingerprint density at radius 2 is 2.00 bits per heavy atom. The van der Waals surface area contributed by atoms with Gasteiger partial charge in [-0.05, 0) is 37.6 Å². The van der Waals surface area contributed by atoms with Crippen LogP contribution in [-0.2, 0) is 4.79 Å². The number of nitrogens with zero attached hydrogens (tertiary/aromatic N) is 1. The van der Waals surface area contributed by atoms with Crippen LogP contribution in [0.3, 0.4) is 0 Å². The van der Waals surface area contributed by atoms with E-state index in [1.807, 2.05) is 0 Å². The predicted octanol–water partition coefficient (Wildman–Crippen LogP) is -0.930. The van der Waals surface area contributed by atoms with Crippen molar-refractivity contribution >= 4 is 5.91 Å². The lowest BCUT2D eigenvalue weighted by Gasteiger charge is -2.46. The third-order valence-electron chi connectivity index (χ3n) is 6.36. The number of likely N-dealkylation sites (tertiary alicyclic amines) is 1. The van der Waals surface area contributed by atoms with Crippen molar-refractivity contribution in [2.75, 3.05) is 26.2 Å². The Bertz CT molecular complexity index is 509. The number of hydrogen-bond donors (Lipinski definition) is 6. The van der Waals surface area contributed by atoms with E-state index in [1.54, 1.807) is 0 Å². The molecule has 3 fully saturated rings. The van der Waals surface area contributed by atoms with Crippen molar-refractivity contribution in [3.63, 3.8) is 0 Å². The topological polar surface area (TPSA) is 120 Å². The van der Waals surface area contributed by atoms with Gasteiger partial charge in [-0.15, -0.1) is 0 Å². The van der Waals surface area contributed by atoms with Crippen molar-refractivity contribution in [3.05, 3.63) is 0 Å². The number of carbonyl (C=O) groups excluding carboxylic acids is 1. The molecule has 0 saturated carbocycles. The van der Waals surface area contributed by atoms with Gasteiger partial charge in [-0.2, -0.15) is 0 Å². The first-order valence-corrected chi connectivity index (χ1v) is 10.5. The van der Waals surface area contributed by atoms with E-state index in [0.29, 0.717) is 18.6 Å². The quantitative estimate of drug-likeness (QED) is 0.372. The zero-order valence-electron chi connectivity index (χ0n) is 17.1. The molecule has 1 amide bonds. The Kier molecular flexibility index (Phi) is 6.76. The van der Waals surface area contributed by atoms with Crippen LogP contribution in [0.2, 0.25) is 0 Å². The Morgan fingerprint density at radius 3 is 2.67 bits per heavy atom. The lowest BCUT2D eigenvalue weighted by molar-refractivity contribution is -0.124. The summed E-state index contributed by atoms with van der Waals surface area (Å²) in [6, 6.07) is 1.06. The van der Waals surface area contributed by atoms with Gasteiger partial charge in [-0.25, -0.2) is 0 Å². The van der Waals surface area contributed by atoms with E-state index in [0.717, 1.165) is 45.3 Å². The van der Waals surface area contributed by atoms with Gasteiger partial charge in [-0.1, -0.05) is 20.8 Å². The van der Waals surface area contributed by atoms with E-state index in [9.17, 15) is 4.79 Å². The minimum absolute atomic E-state index is 0.0320. The molecule has 0 aromatic rings. The van der Waals surface area contributed by atoms with Crippen LogP contribution in [0.15, 0.2) is 0 Å². The fraction of sp³-hybridized carbons (Fsp3) is 0.947. The number of rotatable bonds is 4. The van der Waals surface area contributed by atoms with Gasteiger partial charge < -0.3 is 16.8 Å². The van der Waals surface area contributed by atoms with E-state index in [2.05, 4.69) is 46.9 Å². The summed E-state index contributed by atoms with van der Waals surface area (Å²) >= 11 is 0. The lowest BCUT2D eigenvalue weighted by Crippen LogP contribution is -2.72. The zero-order chi connectivity index (χ0) is 19.6. The molecule has 0 spiro atoms. The van der Waals surface area contributed by atoms with Crippen LogP contribution < -0.4 is 32.7 Å². The van der Waals surface area contributed by atoms with Crippen molar-refractivity contribution in [1.82, 2.24) is 26.2 Å². The summed E-state index contributed by atoms with van der Waals surface area (Å²) < 4.78 is 0. The molecule has 3 heterocycles. The molecule has 6 atom stereocenters. The maximum atomic E-state index is 12.0. The van der Waals surface area contributed by atoms with Gasteiger partial charge in [0.05, 0.1) is 12.1 Å². The van der Waals surface area contributed by atoms with Gasteiger partial charge in [0.25, 0.3) is 0 Å². The average Bonchev–Trinajstić information content (AvgIpc) is 2.61. The normalized spacial score (nSPS) is 39.3. The van der Waals surface area contributed by atoms with Crippen molar-refractivity contribution < 1.29 is 4.79 Å². The number of carbonyl (C=O) groups is 1. The average molecular weight is 382 g/mol. The summed E-state index contributed by atoms with van der Waals surface area (Å²) in [7, 11) is 0. The van der Waals surface area contributed by atoms with E-state index in [1.165, 1.54) is 0 Å². The molecule has 3 rings (SSSR count). The molecule has 3 aliphatic rings. The Hall–Kier alpha value is -0.770. The number of nitrogens with one attached hydrogen (secondary N) is 4. The highest BCUT2D eigenvalue weighted by molar-refractivity contribution is 5.77. The van der Waals surface area contributed by atoms with E-state index >= 15 is 0 Å². The van der Waals surface area contributed by atoms with Crippen molar-refractivity contribution in [1.29, 1.82) is 0 Å². The van der Waals surface area contributed by atoms with Crippen LogP contribution in [0, 0.1) is 11.3 Å². The van der Waals surface area contributed by atoms with Gasteiger partial charge in [0.2, 0.25) is 5.91 Å². The number of amides is 1. The third kappa shape index (κ3) is 5.40. The highest BCUT2D eigenvalue weighted by Gasteiger charge is 2.39. The number of piperidine rings is 2. The Balaban J connectivity index is 1.63. The fourth-order valence-corrected chi connectivity index (χ4v) is 4.62. The maximum Gasteiger partial charge on any atom is 0.224 e. The zero-order valence-corrected chi connectivity index (χ0v) is 17.1. The fourth-order valence-electron chi connectivity index (χ4n) is 4.62. The molecule has 8 nitrogen and oxygen atoms in total. The summed E-state index contributed by atoms with van der Waals surface area (Å²) in [6.07, 6.45) is 4.22. The molecule has 3 saturated heterocycles. The molecule has 0 aliphatic carbocycles. The van der Waals surface area contributed by atoms with Crippen molar-refractivity contribution in [2.24, 2.45) is 22.8 Å². The second-order valence-electron chi connectivity index (χ2n) is 9.62. The molecule has 156 valence electrons. The predicted molar refractivity (Wildman–Crippen MR) is 108 cm³/mol. The van der Waals surface area contributed by atoms with Gasteiger partial charge in [0.15, 0.2) is 0 Å². The van der Waals surface area contributed by atoms with Crippen LogP contribution in [0.1, 0.15) is 46.5 Å². The van der Waals surface area contributed by atoms with E-state index in [-0.39, 0.29) is 35.7 Å². The van der Waals surface area contributed by atoms with Crippen LogP contribution in [0.5, 0.6) is 0 Å². The summed E-state index contributed by atoms with van der Waals surface area (Å²) in [5, 5.41) is 14.4. The maximum absolute atomic E-state index is 12.0. The highest BCUT2D eigenvalue weighted by atomic mass is 16.1. The van der Waals surface area contributed by atoms with E-state index in [4.69, 9.17) is 11.5 Å². The molecule has 0 aromatic carbocycles. The van der Waals surface area contributed by atoms with Crippen LogP contribution in [0.4, 0.5) is 0 Å². The molecule has 8 N–H and O–H groups in total. The largest absolute Gasteiger partial charge is 0.369 e. The summed E-state index contributed by atoms with van der Waals surface area (Å²) in [4.78, 5) is 14.4. The summed E-state index contributed by atoms with van der Waals surface area (Å²) in [6.45, 7) is 10.3. The first kappa shape index (κ1) is 21.0. The first-order chi connectivity index (χ1) is 12.7. The number of hydrogen-bond acceptors (Lipinski definition) is 7. The standard InChI is InChI=1S/C19H39N7O/c1-19(2,3)15-9-13(6-7-22-15)24-17-14(16(21)27)10-23-18(25-17)26-8-4-5-12(20)11-26/h12-15,17-18,22-25H,4-11,20H2,1-3H3,(H2,21,27)/t12-,13?,14?,15?,17?,18?/m0/s1. The van der Waals surface area contributed by atoms with Gasteiger partial charge in [0.1, 0.15) is 6.29 Å². The monoisotopic (exact) mass is 381 g/mol.